The molecule has 0 N–H and O–H groups in total. The number of benzene rings is 1. The summed E-state index contributed by atoms with van der Waals surface area (Å²) in [7, 11) is 0. The van der Waals surface area contributed by atoms with Crippen LogP contribution in [0.4, 0.5) is 4.39 Å². The zero-order valence-electron chi connectivity index (χ0n) is 14.7. The van der Waals surface area contributed by atoms with Gasteiger partial charge in [0.1, 0.15) is 12.0 Å². The van der Waals surface area contributed by atoms with Gasteiger partial charge >= 0.3 is 5.97 Å². The number of hydrogen-bond donors (Lipinski definition) is 0. The van der Waals surface area contributed by atoms with Crippen molar-refractivity contribution in [2.45, 2.75) is 51.7 Å². The summed E-state index contributed by atoms with van der Waals surface area (Å²) in [4.78, 5) is 26.7. The number of para-hydroxylation sites is 1. The molecule has 2 aliphatic heterocycles. The lowest BCUT2D eigenvalue weighted by molar-refractivity contribution is -0.149. The van der Waals surface area contributed by atoms with Gasteiger partial charge in [-0.3, -0.25) is 9.59 Å². The van der Waals surface area contributed by atoms with Crippen LogP contribution in [0.1, 0.15) is 51.1 Å². The number of esters is 1. The van der Waals surface area contributed by atoms with Crippen molar-refractivity contribution in [2.75, 3.05) is 13.2 Å². The number of amides is 1. The van der Waals surface area contributed by atoms with E-state index in [-0.39, 0.29) is 24.8 Å². The molecule has 2 heterocycles. The van der Waals surface area contributed by atoms with Gasteiger partial charge in [-0.05, 0) is 19.4 Å². The summed E-state index contributed by atoms with van der Waals surface area (Å²) in [5.41, 5.74) is 0.639. The van der Waals surface area contributed by atoms with E-state index >= 15 is 0 Å². The van der Waals surface area contributed by atoms with Crippen LogP contribution < -0.4 is 4.74 Å². The Labute approximate surface area is 147 Å². The van der Waals surface area contributed by atoms with Crippen LogP contribution in [0, 0.1) is 11.7 Å². The van der Waals surface area contributed by atoms with Gasteiger partial charge in [0.2, 0.25) is 5.91 Å². The molecular formula is C19H24FNO4. The number of likely N-dealkylation sites (tertiary alicyclic amines) is 1. The van der Waals surface area contributed by atoms with Gasteiger partial charge in [-0.15, -0.1) is 0 Å². The highest BCUT2D eigenvalue weighted by atomic mass is 19.1. The number of carbonyl (C=O) groups excluding carboxylic acids is 2. The Kier molecular flexibility index (Phi) is 5.25. The number of rotatable bonds is 6. The standard InChI is InChI=1S/C19H24FNO4/c1-3-5-6-10-15(22)21-11-13(19(23)24-4-2)18-16(21)12-8-7-9-14(20)17(12)25-18/h7-9,13,16,18H,3-6,10-11H2,1-2H3/t13-,16+,18+/m1/s1. The SMILES string of the molecule is CCCCCC(=O)N1C[C@@H](C(=O)OCC)[C@@H]2Oc3c(F)cccc3[C@@H]21. The molecule has 0 saturated carbocycles. The van der Waals surface area contributed by atoms with E-state index in [2.05, 4.69) is 6.92 Å². The van der Waals surface area contributed by atoms with E-state index in [1.54, 1.807) is 24.0 Å². The maximum atomic E-state index is 14.1. The number of fused-ring (bicyclic) bond motifs is 3. The maximum Gasteiger partial charge on any atom is 0.314 e. The Morgan fingerprint density at radius 3 is 2.84 bits per heavy atom. The molecule has 0 bridgehead atoms. The second-order valence-electron chi connectivity index (χ2n) is 6.55. The second kappa shape index (κ2) is 7.42. The van der Waals surface area contributed by atoms with E-state index in [4.69, 9.17) is 9.47 Å². The molecule has 0 aromatic heterocycles. The summed E-state index contributed by atoms with van der Waals surface area (Å²) in [6.45, 7) is 4.34. The summed E-state index contributed by atoms with van der Waals surface area (Å²) in [6.07, 6.45) is 2.67. The van der Waals surface area contributed by atoms with Crippen molar-refractivity contribution in [1.29, 1.82) is 0 Å². The molecule has 6 heteroatoms. The Hall–Kier alpha value is -2.11. The molecule has 5 nitrogen and oxygen atoms in total. The van der Waals surface area contributed by atoms with E-state index in [1.807, 2.05) is 0 Å². The van der Waals surface area contributed by atoms with Gasteiger partial charge in [0.05, 0.1) is 12.6 Å². The largest absolute Gasteiger partial charge is 0.483 e. The summed E-state index contributed by atoms with van der Waals surface area (Å²) >= 11 is 0. The smallest absolute Gasteiger partial charge is 0.314 e. The highest BCUT2D eigenvalue weighted by Crippen LogP contribution is 2.49. The van der Waals surface area contributed by atoms with Crippen LogP contribution in [0.3, 0.4) is 0 Å². The number of ether oxygens (including phenoxy) is 2. The molecule has 0 spiro atoms. The minimum absolute atomic E-state index is 0.0176. The van der Waals surface area contributed by atoms with Gasteiger partial charge in [0.25, 0.3) is 0 Å². The molecule has 25 heavy (non-hydrogen) atoms. The normalized spacial score (nSPS) is 23.8. The molecule has 1 fully saturated rings. The second-order valence-corrected chi connectivity index (χ2v) is 6.55. The molecule has 1 saturated heterocycles. The van der Waals surface area contributed by atoms with Gasteiger partial charge < -0.3 is 14.4 Å². The van der Waals surface area contributed by atoms with Crippen LogP contribution in [0.25, 0.3) is 0 Å². The summed E-state index contributed by atoms with van der Waals surface area (Å²) in [5.74, 6) is -1.32. The van der Waals surface area contributed by atoms with E-state index in [1.165, 1.54) is 6.07 Å². The maximum absolute atomic E-state index is 14.1. The quantitative estimate of drug-likeness (QED) is 0.584. The van der Waals surface area contributed by atoms with Crippen LogP contribution in [0.15, 0.2) is 18.2 Å². The lowest BCUT2D eigenvalue weighted by Crippen LogP contribution is -2.32. The van der Waals surface area contributed by atoms with Crippen LogP contribution in [0.5, 0.6) is 5.75 Å². The first-order chi connectivity index (χ1) is 12.1. The third kappa shape index (κ3) is 3.22. The van der Waals surface area contributed by atoms with Gasteiger partial charge in [0, 0.05) is 18.5 Å². The fourth-order valence-corrected chi connectivity index (χ4v) is 3.72. The van der Waals surface area contributed by atoms with Crippen LogP contribution in [-0.4, -0.2) is 36.0 Å². The van der Waals surface area contributed by atoms with Crippen molar-refractivity contribution in [2.24, 2.45) is 5.92 Å². The van der Waals surface area contributed by atoms with E-state index in [0.29, 0.717) is 12.0 Å². The number of nitrogens with zero attached hydrogens (tertiary/aromatic N) is 1. The van der Waals surface area contributed by atoms with Crippen LogP contribution in [0.2, 0.25) is 0 Å². The molecule has 3 atom stereocenters. The third-order valence-corrected chi connectivity index (χ3v) is 4.91. The van der Waals surface area contributed by atoms with E-state index < -0.39 is 29.9 Å². The van der Waals surface area contributed by atoms with Crippen LogP contribution >= 0.6 is 0 Å². The van der Waals surface area contributed by atoms with E-state index in [0.717, 1.165) is 19.3 Å². The van der Waals surface area contributed by atoms with Crippen molar-refractivity contribution in [1.82, 2.24) is 4.90 Å². The Balaban J connectivity index is 1.87. The predicted octanol–water partition coefficient (Wildman–Crippen LogP) is 3.23. The molecule has 3 rings (SSSR count). The number of carbonyl (C=O) groups is 2. The molecular weight excluding hydrogens is 325 g/mol. The van der Waals surface area contributed by atoms with Gasteiger partial charge in [0.15, 0.2) is 11.6 Å². The topological polar surface area (TPSA) is 55.8 Å². The number of halogens is 1. The molecule has 1 aromatic rings. The fraction of sp³-hybridized carbons (Fsp3) is 0.579. The molecule has 2 aliphatic rings. The van der Waals surface area contributed by atoms with Crippen LogP contribution in [-0.2, 0) is 14.3 Å². The zero-order chi connectivity index (χ0) is 18.0. The Morgan fingerprint density at radius 2 is 2.12 bits per heavy atom. The monoisotopic (exact) mass is 349 g/mol. The highest BCUT2D eigenvalue weighted by Gasteiger charge is 2.54. The average molecular weight is 349 g/mol. The molecule has 0 unspecified atom stereocenters. The van der Waals surface area contributed by atoms with Crippen molar-refractivity contribution in [3.63, 3.8) is 0 Å². The first-order valence-corrected chi connectivity index (χ1v) is 8.99. The van der Waals surface area contributed by atoms with Crippen molar-refractivity contribution >= 4 is 11.9 Å². The fourth-order valence-electron chi connectivity index (χ4n) is 3.72. The lowest BCUT2D eigenvalue weighted by Gasteiger charge is -2.23. The minimum Gasteiger partial charge on any atom is -0.483 e. The van der Waals surface area contributed by atoms with Crippen molar-refractivity contribution in [3.8, 4) is 5.75 Å². The summed E-state index contributed by atoms with van der Waals surface area (Å²) < 4.78 is 25.0. The molecule has 0 aliphatic carbocycles. The third-order valence-electron chi connectivity index (χ3n) is 4.91. The van der Waals surface area contributed by atoms with E-state index in [9.17, 15) is 14.0 Å². The molecule has 136 valence electrons. The molecule has 1 amide bonds. The summed E-state index contributed by atoms with van der Waals surface area (Å²) in [5, 5.41) is 0. The van der Waals surface area contributed by atoms with Crippen molar-refractivity contribution < 1.29 is 23.5 Å². The lowest BCUT2D eigenvalue weighted by atomic mass is 9.98. The first-order valence-electron chi connectivity index (χ1n) is 8.99. The zero-order valence-corrected chi connectivity index (χ0v) is 14.7. The van der Waals surface area contributed by atoms with Crippen molar-refractivity contribution in [3.05, 3.63) is 29.6 Å². The van der Waals surface area contributed by atoms with Gasteiger partial charge in [-0.25, -0.2) is 4.39 Å². The minimum atomic E-state index is -0.591. The molecule has 1 aromatic carbocycles. The number of unbranched alkanes of at least 4 members (excludes halogenated alkanes) is 2. The first kappa shape index (κ1) is 17.7. The highest BCUT2D eigenvalue weighted by molar-refractivity contribution is 5.81. The average Bonchev–Trinajstić information content (AvgIpc) is 3.14. The predicted molar refractivity (Wildman–Crippen MR) is 89.5 cm³/mol. The Bertz CT molecular complexity index is 663. The number of hydrogen-bond acceptors (Lipinski definition) is 4. The Morgan fingerprint density at radius 1 is 1.32 bits per heavy atom. The summed E-state index contributed by atoms with van der Waals surface area (Å²) in [6, 6.07) is 4.28. The van der Waals surface area contributed by atoms with Gasteiger partial charge in [-0.1, -0.05) is 31.9 Å². The van der Waals surface area contributed by atoms with Gasteiger partial charge in [-0.2, -0.15) is 0 Å². The molecule has 0 radical (unpaired) electrons.